The maximum absolute atomic E-state index is 13.2. The van der Waals surface area contributed by atoms with Gasteiger partial charge < -0.3 is 4.90 Å². The average Bonchev–Trinajstić information content (AvgIpc) is 2.45. The molecule has 0 aliphatic carbocycles. The van der Waals surface area contributed by atoms with E-state index in [1.165, 1.54) is 0 Å². The summed E-state index contributed by atoms with van der Waals surface area (Å²) in [6.45, 7) is 8.11. The van der Waals surface area contributed by atoms with Gasteiger partial charge in [0.15, 0.2) is 0 Å². The van der Waals surface area contributed by atoms with E-state index in [2.05, 4.69) is 0 Å². The lowest BCUT2D eigenvalue weighted by molar-refractivity contribution is -0.136. The summed E-state index contributed by atoms with van der Waals surface area (Å²) in [5.41, 5.74) is 0. The summed E-state index contributed by atoms with van der Waals surface area (Å²) in [7, 11) is 0. The van der Waals surface area contributed by atoms with Crippen molar-refractivity contribution in [3.63, 3.8) is 0 Å². The molecule has 1 saturated heterocycles. The summed E-state index contributed by atoms with van der Waals surface area (Å²) < 4.78 is 13.2. The van der Waals surface area contributed by atoms with Crippen LogP contribution in [0.4, 0.5) is 4.39 Å². The van der Waals surface area contributed by atoms with E-state index in [-0.39, 0.29) is 17.9 Å². The number of nitrogens with zero attached hydrogens (tertiary/aromatic N) is 1. The second-order valence-corrected chi connectivity index (χ2v) is 4.79. The zero-order chi connectivity index (χ0) is 10.9. The predicted molar refractivity (Wildman–Crippen MR) is 54.7 cm³/mol. The summed E-state index contributed by atoms with van der Waals surface area (Å²) in [6, 6.07) is 0.0971. The van der Waals surface area contributed by atoms with Crippen molar-refractivity contribution in [3.05, 3.63) is 0 Å². The van der Waals surface area contributed by atoms with Crippen molar-refractivity contribution in [2.45, 2.75) is 46.3 Å². The molecular weight excluding hydrogens is 181 g/mol. The van der Waals surface area contributed by atoms with Crippen molar-refractivity contribution in [3.8, 4) is 0 Å². The number of rotatable bonds is 2. The maximum atomic E-state index is 13.2. The second-order valence-electron chi connectivity index (χ2n) is 4.79. The topological polar surface area (TPSA) is 20.3 Å². The van der Waals surface area contributed by atoms with Gasteiger partial charge in [-0.25, -0.2) is 4.39 Å². The first-order valence-corrected chi connectivity index (χ1v) is 5.38. The van der Waals surface area contributed by atoms with E-state index in [0.717, 1.165) is 0 Å². The van der Waals surface area contributed by atoms with Gasteiger partial charge in [-0.15, -0.1) is 0 Å². The molecule has 1 heterocycles. The molecule has 1 aliphatic rings. The van der Waals surface area contributed by atoms with Crippen molar-refractivity contribution >= 4 is 5.91 Å². The van der Waals surface area contributed by atoms with Gasteiger partial charge in [0.2, 0.25) is 5.91 Å². The lowest BCUT2D eigenvalue weighted by Crippen LogP contribution is -2.40. The summed E-state index contributed by atoms with van der Waals surface area (Å²) >= 11 is 0. The zero-order valence-electron chi connectivity index (χ0n) is 9.46. The van der Waals surface area contributed by atoms with E-state index in [1.807, 2.05) is 27.7 Å². The van der Waals surface area contributed by atoms with Crippen molar-refractivity contribution in [2.75, 3.05) is 6.54 Å². The highest BCUT2D eigenvalue weighted by atomic mass is 19.1. The fraction of sp³-hybridized carbons (Fsp3) is 0.909. The van der Waals surface area contributed by atoms with Crippen LogP contribution in [0.1, 0.15) is 34.1 Å². The normalized spacial score (nSPS) is 27.8. The minimum atomic E-state index is -0.829. The lowest BCUT2D eigenvalue weighted by Gasteiger charge is -2.28. The van der Waals surface area contributed by atoms with E-state index in [0.29, 0.717) is 18.9 Å². The number of alkyl halides is 1. The van der Waals surface area contributed by atoms with E-state index in [9.17, 15) is 9.18 Å². The molecule has 0 aromatic rings. The summed E-state index contributed by atoms with van der Waals surface area (Å²) in [5.74, 6) is 0.406. The molecule has 0 radical (unpaired) electrons. The Morgan fingerprint density at radius 3 is 2.36 bits per heavy atom. The summed E-state index contributed by atoms with van der Waals surface area (Å²) in [6.07, 6.45) is -0.319. The van der Waals surface area contributed by atoms with Crippen LogP contribution in [0.15, 0.2) is 0 Å². The molecule has 2 nitrogen and oxygen atoms in total. The molecule has 82 valence electrons. The number of halogens is 1. The number of hydrogen-bond donors (Lipinski definition) is 0. The van der Waals surface area contributed by atoms with Crippen LogP contribution in [0.2, 0.25) is 0 Å². The second kappa shape index (κ2) is 4.28. The van der Waals surface area contributed by atoms with Crippen molar-refractivity contribution in [1.82, 2.24) is 4.90 Å². The third-order valence-electron chi connectivity index (χ3n) is 2.84. The van der Waals surface area contributed by atoms with Gasteiger partial charge >= 0.3 is 0 Å². The highest BCUT2D eigenvalue weighted by Crippen LogP contribution is 2.27. The first-order valence-electron chi connectivity index (χ1n) is 5.38. The maximum Gasteiger partial charge on any atom is 0.225 e. The summed E-state index contributed by atoms with van der Waals surface area (Å²) in [4.78, 5) is 13.5. The van der Waals surface area contributed by atoms with Crippen LogP contribution >= 0.6 is 0 Å². The number of amides is 1. The molecule has 0 aromatic carbocycles. The first kappa shape index (κ1) is 11.5. The molecule has 0 aromatic heterocycles. The van der Waals surface area contributed by atoms with Crippen LogP contribution in [-0.4, -0.2) is 29.6 Å². The molecule has 1 amide bonds. The van der Waals surface area contributed by atoms with Gasteiger partial charge in [0.1, 0.15) is 6.17 Å². The van der Waals surface area contributed by atoms with Gasteiger partial charge in [-0.1, -0.05) is 27.7 Å². The van der Waals surface area contributed by atoms with Crippen LogP contribution < -0.4 is 0 Å². The fourth-order valence-corrected chi connectivity index (χ4v) is 2.03. The van der Waals surface area contributed by atoms with E-state index in [1.54, 1.807) is 4.90 Å². The van der Waals surface area contributed by atoms with Crippen LogP contribution in [0.3, 0.4) is 0 Å². The number of carbonyl (C=O) groups excluding carboxylic acids is 1. The average molecular weight is 201 g/mol. The third-order valence-corrected chi connectivity index (χ3v) is 2.84. The van der Waals surface area contributed by atoms with Gasteiger partial charge in [-0.3, -0.25) is 4.79 Å². The monoisotopic (exact) mass is 201 g/mol. The predicted octanol–water partition coefficient (Wildman–Crippen LogP) is 2.24. The van der Waals surface area contributed by atoms with Crippen LogP contribution in [-0.2, 0) is 4.79 Å². The molecule has 0 spiro atoms. The van der Waals surface area contributed by atoms with E-state index < -0.39 is 6.17 Å². The molecule has 0 N–H and O–H groups in total. The van der Waals surface area contributed by atoms with Gasteiger partial charge in [0.25, 0.3) is 0 Å². The minimum Gasteiger partial charge on any atom is -0.336 e. The molecule has 1 aliphatic heterocycles. The molecule has 14 heavy (non-hydrogen) atoms. The van der Waals surface area contributed by atoms with Crippen LogP contribution in [0.25, 0.3) is 0 Å². The SMILES string of the molecule is CC(C)C(=O)N1CC(F)CC1C(C)C. The van der Waals surface area contributed by atoms with Gasteiger partial charge in [-0.05, 0) is 5.92 Å². The Hall–Kier alpha value is -0.600. The zero-order valence-corrected chi connectivity index (χ0v) is 9.46. The number of carbonyl (C=O) groups is 1. The Kier molecular flexibility index (Phi) is 3.51. The molecule has 3 heteroatoms. The first-order chi connectivity index (χ1) is 6.43. The quantitative estimate of drug-likeness (QED) is 0.671. The molecule has 1 rings (SSSR count). The minimum absolute atomic E-state index is 0.0263. The van der Waals surface area contributed by atoms with Gasteiger partial charge in [0, 0.05) is 18.4 Å². The Morgan fingerprint density at radius 2 is 1.93 bits per heavy atom. The van der Waals surface area contributed by atoms with Gasteiger partial charge in [0.05, 0.1) is 6.54 Å². The smallest absolute Gasteiger partial charge is 0.225 e. The Bertz CT molecular complexity index is 215. The van der Waals surface area contributed by atoms with E-state index in [4.69, 9.17) is 0 Å². The van der Waals surface area contributed by atoms with Crippen LogP contribution in [0.5, 0.6) is 0 Å². The van der Waals surface area contributed by atoms with Crippen molar-refractivity contribution < 1.29 is 9.18 Å². The number of likely N-dealkylation sites (tertiary alicyclic amines) is 1. The highest BCUT2D eigenvalue weighted by molar-refractivity contribution is 5.78. The third kappa shape index (κ3) is 2.25. The lowest BCUT2D eigenvalue weighted by atomic mass is 10.0. The van der Waals surface area contributed by atoms with Crippen molar-refractivity contribution in [2.24, 2.45) is 11.8 Å². The molecule has 0 bridgehead atoms. The van der Waals surface area contributed by atoms with Crippen LogP contribution in [0, 0.1) is 11.8 Å². The largest absolute Gasteiger partial charge is 0.336 e. The number of hydrogen-bond acceptors (Lipinski definition) is 1. The van der Waals surface area contributed by atoms with Crippen molar-refractivity contribution in [1.29, 1.82) is 0 Å². The fourth-order valence-electron chi connectivity index (χ4n) is 2.03. The molecule has 1 fully saturated rings. The summed E-state index contributed by atoms with van der Waals surface area (Å²) in [5, 5.41) is 0. The molecule has 2 unspecified atom stereocenters. The van der Waals surface area contributed by atoms with E-state index >= 15 is 0 Å². The molecule has 0 saturated carbocycles. The standard InChI is InChI=1S/C11H20FNO/c1-7(2)10-5-9(12)6-13(10)11(14)8(3)4/h7-10H,5-6H2,1-4H3. The Labute approximate surface area is 85.5 Å². The molecular formula is C11H20FNO. The molecule has 2 atom stereocenters. The Balaban J connectivity index is 2.71. The highest BCUT2D eigenvalue weighted by Gasteiger charge is 2.37. The Morgan fingerprint density at radius 1 is 1.36 bits per heavy atom. The van der Waals surface area contributed by atoms with Gasteiger partial charge in [-0.2, -0.15) is 0 Å².